The van der Waals surface area contributed by atoms with E-state index in [9.17, 15) is 9.59 Å². The van der Waals surface area contributed by atoms with Crippen LogP contribution in [-0.4, -0.2) is 42.4 Å². The second-order valence-corrected chi connectivity index (χ2v) is 2.79. The van der Waals surface area contributed by atoms with E-state index in [-0.39, 0.29) is 5.91 Å². The summed E-state index contributed by atoms with van der Waals surface area (Å²) in [6, 6.07) is -0.511. The summed E-state index contributed by atoms with van der Waals surface area (Å²) in [4.78, 5) is 23.2. The molecule has 0 aromatic rings. The molecule has 67 valence electrons. The van der Waals surface area contributed by atoms with E-state index in [1.165, 1.54) is 6.92 Å². The third-order valence-corrected chi connectivity index (χ3v) is 1.89. The highest BCUT2D eigenvalue weighted by Crippen LogP contribution is 2.00. The zero-order valence-corrected chi connectivity index (χ0v) is 6.99. The van der Waals surface area contributed by atoms with Gasteiger partial charge in [-0.25, -0.2) is 5.32 Å². The van der Waals surface area contributed by atoms with Crippen molar-refractivity contribution >= 4 is 11.8 Å². The van der Waals surface area contributed by atoms with Crippen LogP contribution in [0.4, 0.5) is 0 Å². The van der Waals surface area contributed by atoms with E-state index in [1.54, 1.807) is 4.90 Å². The Morgan fingerprint density at radius 1 is 1.58 bits per heavy atom. The lowest BCUT2D eigenvalue weighted by Crippen LogP contribution is -2.53. The quantitative estimate of drug-likeness (QED) is 0.509. The molecule has 0 spiro atoms. The summed E-state index contributed by atoms with van der Waals surface area (Å²) >= 11 is 0. The van der Waals surface area contributed by atoms with E-state index in [0.29, 0.717) is 19.6 Å². The molecule has 0 aromatic heterocycles. The maximum absolute atomic E-state index is 10.9. The van der Waals surface area contributed by atoms with Crippen molar-refractivity contribution in [2.24, 2.45) is 5.73 Å². The Morgan fingerprint density at radius 3 is 2.75 bits per heavy atom. The van der Waals surface area contributed by atoms with Crippen LogP contribution in [0.1, 0.15) is 6.92 Å². The summed E-state index contributed by atoms with van der Waals surface area (Å²) in [5.41, 5.74) is 5.06. The monoisotopic (exact) mass is 170 g/mol. The second kappa shape index (κ2) is 3.53. The van der Waals surface area contributed by atoms with Crippen molar-refractivity contribution in [1.29, 1.82) is 0 Å². The predicted molar refractivity (Wildman–Crippen MR) is 42.2 cm³/mol. The number of hydrogen-bond acceptors (Lipinski definition) is 2. The standard InChI is InChI=1S/C7H12N3O2/c1-5(11)10-3-2-9-6(4-10)7(8)12/h6H,2-4H2,1H3,(H2,8,12). The summed E-state index contributed by atoms with van der Waals surface area (Å²) in [5.74, 6) is -0.489. The molecule has 0 saturated carbocycles. The minimum Gasteiger partial charge on any atom is -0.368 e. The third-order valence-electron chi connectivity index (χ3n) is 1.89. The highest BCUT2D eigenvalue weighted by Gasteiger charge is 2.25. The molecule has 0 aromatic carbocycles. The van der Waals surface area contributed by atoms with Crippen LogP contribution in [0.25, 0.3) is 0 Å². The molecular weight excluding hydrogens is 158 g/mol. The molecule has 1 fully saturated rings. The first-order valence-corrected chi connectivity index (χ1v) is 3.82. The Labute approximate surface area is 70.9 Å². The van der Waals surface area contributed by atoms with Gasteiger partial charge in [-0.1, -0.05) is 0 Å². The van der Waals surface area contributed by atoms with Crippen molar-refractivity contribution in [1.82, 2.24) is 10.2 Å². The summed E-state index contributed by atoms with van der Waals surface area (Å²) in [6.45, 7) is 2.92. The van der Waals surface area contributed by atoms with Crippen LogP contribution in [0.5, 0.6) is 0 Å². The number of carbonyl (C=O) groups is 2. The van der Waals surface area contributed by atoms with E-state index in [1.807, 2.05) is 0 Å². The molecule has 2 N–H and O–H groups in total. The van der Waals surface area contributed by atoms with Gasteiger partial charge in [-0.05, 0) is 0 Å². The van der Waals surface area contributed by atoms with Gasteiger partial charge < -0.3 is 10.6 Å². The first-order chi connectivity index (χ1) is 5.61. The SMILES string of the molecule is CC(=O)N1CC[N]C(C(N)=O)C1. The maximum Gasteiger partial charge on any atom is 0.238 e. The normalized spacial score (nSPS) is 23.8. The topological polar surface area (TPSA) is 77.5 Å². The average molecular weight is 170 g/mol. The molecule has 1 atom stereocenters. The van der Waals surface area contributed by atoms with Gasteiger partial charge in [0.05, 0.1) is 0 Å². The number of amides is 2. The van der Waals surface area contributed by atoms with Gasteiger partial charge in [0.25, 0.3) is 0 Å². The minimum absolute atomic E-state index is 0.0313. The fraction of sp³-hybridized carbons (Fsp3) is 0.714. The van der Waals surface area contributed by atoms with Crippen LogP contribution in [0.3, 0.4) is 0 Å². The van der Waals surface area contributed by atoms with Crippen molar-refractivity contribution in [3.05, 3.63) is 0 Å². The molecule has 1 radical (unpaired) electrons. The number of carbonyl (C=O) groups excluding carboxylic acids is 2. The third kappa shape index (κ3) is 1.94. The van der Waals surface area contributed by atoms with Crippen molar-refractivity contribution in [3.63, 3.8) is 0 Å². The van der Waals surface area contributed by atoms with Crippen molar-refractivity contribution in [3.8, 4) is 0 Å². The number of nitrogens with two attached hydrogens (primary N) is 1. The lowest BCUT2D eigenvalue weighted by molar-refractivity contribution is -0.131. The molecule has 12 heavy (non-hydrogen) atoms. The Morgan fingerprint density at radius 2 is 2.25 bits per heavy atom. The van der Waals surface area contributed by atoms with Gasteiger partial charge in [0.2, 0.25) is 11.8 Å². The number of rotatable bonds is 1. The first kappa shape index (κ1) is 8.99. The van der Waals surface area contributed by atoms with E-state index >= 15 is 0 Å². The number of hydrogen-bond donors (Lipinski definition) is 1. The Kier molecular flexibility index (Phi) is 2.65. The van der Waals surface area contributed by atoms with Crippen LogP contribution in [0.15, 0.2) is 0 Å². The molecule has 1 aliphatic heterocycles. The number of piperazine rings is 1. The van der Waals surface area contributed by atoms with Crippen LogP contribution < -0.4 is 11.1 Å². The van der Waals surface area contributed by atoms with Crippen molar-refractivity contribution in [2.45, 2.75) is 13.0 Å². The number of primary amides is 1. The molecular formula is C7H12N3O2. The predicted octanol–water partition coefficient (Wildman–Crippen LogP) is -1.69. The van der Waals surface area contributed by atoms with Gasteiger partial charge in [0.1, 0.15) is 6.04 Å². The Hall–Kier alpha value is -1.10. The van der Waals surface area contributed by atoms with E-state index < -0.39 is 11.9 Å². The zero-order valence-electron chi connectivity index (χ0n) is 6.99. The van der Waals surface area contributed by atoms with Crippen LogP contribution in [0.2, 0.25) is 0 Å². The smallest absolute Gasteiger partial charge is 0.238 e. The largest absolute Gasteiger partial charge is 0.368 e. The fourth-order valence-corrected chi connectivity index (χ4v) is 1.16. The van der Waals surface area contributed by atoms with Gasteiger partial charge >= 0.3 is 0 Å². The summed E-state index contributed by atoms with van der Waals surface area (Å²) < 4.78 is 0. The van der Waals surface area contributed by atoms with E-state index in [2.05, 4.69) is 5.32 Å². The lowest BCUT2D eigenvalue weighted by Gasteiger charge is -2.29. The molecule has 1 unspecified atom stereocenters. The van der Waals surface area contributed by atoms with Crippen LogP contribution in [0, 0.1) is 0 Å². The molecule has 5 heteroatoms. The van der Waals surface area contributed by atoms with Gasteiger partial charge in [0, 0.05) is 26.6 Å². The second-order valence-electron chi connectivity index (χ2n) is 2.79. The summed E-state index contributed by atoms with van der Waals surface area (Å²) in [5, 5.41) is 3.99. The maximum atomic E-state index is 10.9. The lowest BCUT2D eigenvalue weighted by atomic mass is 10.2. The van der Waals surface area contributed by atoms with Crippen molar-refractivity contribution in [2.75, 3.05) is 19.6 Å². The van der Waals surface area contributed by atoms with Gasteiger partial charge in [0.15, 0.2) is 0 Å². The van der Waals surface area contributed by atoms with Gasteiger partial charge in [-0.15, -0.1) is 0 Å². The van der Waals surface area contributed by atoms with Crippen LogP contribution in [-0.2, 0) is 9.59 Å². The Balaban J connectivity index is 2.51. The Bertz CT molecular complexity index is 185. The molecule has 0 aliphatic carbocycles. The highest BCUT2D eigenvalue weighted by molar-refractivity contribution is 5.81. The molecule has 0 bridgehead atoms. The fourth-order valence-electron chi connectivity index (χ4n) is 1.16. The zero-order chi connectivity index (χ0) is 9.14. The van der Waals surface area contributed by atoms with E-state index in [0.717, 1.165) is 0 Å². The molecule has 1 heterocycles. The summed E-state index contributed by atoms with van der Waals surface area (Å²) in [7, 11) is 0. The first-order valence-electron chi connectivity index (χ1n) is 3.82. The molecule has 1 rings (SSSR count). The molecule has 2 amide bonds. The number of nitrogens with zero attached hydrogens (tertiary/aromatic N) is 2. The molecule has 5 nitrogen and oxygen atoms in total. The molecule has 1 saturated heterocycles. The van der Waals surface area contributed by atoms with Crippen molar-refractivity contribution < 1.29 is 9.59 Å². The highest BCUT2D eigenvalue weighted by atomic mass is 16.2. The van der Waals surface area contributed by atoms with Gasteiger partial charge in [-0.3, -0.25) is 9.59 Å². The average Bonchev–Trinajstić information content (AvgIpc) is 2.04. The molecule has 1 aliphatic rings. The van der Waals surface area contributed by atoms with Crippen LogP contribution >= 0.6 is 0 Å². The minimum atomic E-state index is -0.511. The van der Waals surface area contributed by atoms with Gasteiger partial charge in [-0.2, -0.15) is 0 Å². The summed E-state index contributed by atoms with van der Waals surface area (Å²) in [6.07, 6.45) is 0. The van der Waals surface area contributed by atoms with E-state index in [4.69, 9.17) is 5.73 Å².